The van der Waals surface area contributed by atoms with Crippen molar-refractivity contribution < 1.29 is 4.74 Å². The Kier molecular flexibility index (Phi) is 3.78. The number of aryl methyl sites for hydroxylation is 1. The third-order valence-electron chi connectivity index (χ3n) is 3.18. The summed E-state index contributed by atoms with van der Waals surface area (Å²) < 4.78 is 5.13. The van der Waals surface area contributed by atoms with Gasteiger partial charge in [0.2, 0.25) is 5.88 Å². The first-order valence-electron chi connectivity index (χ1n) is 6.11. The topological polar surface area (TPSA) is 73.1 Å². The molecular formula is C12H20N4O. The largest absolute Gasteiger partial charge is 0.481 e. The van der Waals surface area contributed by atoms with E-state index in [-0.39, 0.29) is 6.04 Å². The van der Waals surface area contributed by atoms with E-state index in [0.29, 0.717) is 17.7 Å². The van der Waals surface area contributed by atoms with Crippen LogP contribution < -0.4 is 15.8 Å². The third kappa shape index (κ3) is 3.06. The van der Waals surface area contributed by atoms with Gasteiger partial charge in [0.1, 0.15) is 11.6 Å². The zero-order valence-electron chi connectivity index (χ0n) is 10.4. The smallest absolute Gasteiger partial charge is 0.218 e. The summed E-state index contributed by atoms with van der Waals surface area (Å²) in [7, 11) is 1.61. The van der Waals surface area contributed by atoms with Crippen molar-refractivity contribution in [2.75, 3.05) is 12.4 Å². The van der Waals surface area contributed by atoms with E-state index in [0.717, 1.165) is 18.7 Å². The Morgan fingerprint density at radius 2 is 2.12 bits per heavy atom. The average Bonchev–Trinajstić information content (AvgIpc) is 2.31. The Bertz CT molecular complexity index is 383. The number of nitrogens with two attached hydrogens (primary N) is 1. The highest BCUT2D eigenvalue weighted by Gasteiger charge is 2.22. The molecule has 1 heterocycles. The number of nitrogens with one attached hydrogen (secondary N) is 1. The van der Waals surface area contributed by atoms with Gasteiger partial charge in [0.25, 0.3) is 0 Å². The number of ether oxygens (including phenoxy) is 1. The molecule has 1 aromatic heterocycles. The van der Waals surface area contributed by atoms with Gasteiger partial charge in [-0.2, -0.15) is 4.98 Å². The molecule has 1 aliphatic rings. The summed E-state index contributed by atoms with van der Waals surface area (Å²) in [5.41, 5.74) is 6.10. The number of methoxy groups -OCH3 is 1. The van der Waals surface area contributed by atoms with Crippen molar-refractivity contribution in [1.82, 2.24) is 9.97 Å². The molecule has 3 N–H and O–H groups in total. The molecule has 1 fully saturated rings. The van der Waals surface area contributed by atoms with E-state index in [1.807, 2.05) is 13.0 Å². The van der Waals surface area contributed by atoms with Gasteiger partial charge in [0.05, 0.1) is 7.11 Å². The molecule has 5 heteroatoms. The SMILES string of the molecule is COc1cc(N[C@@H]2CCCC[C@H]2N)nc(C)n1. The maximum atomic E-state index is 6.10. The second-order valence-electron chi connectivity index (χ2n) is 4.54. The van der Waals surface area contributed by atoms with Crippen molar-refractivity contribution in [1.29, 1.82) is 0 Å². The van der Waals surface area contributed by atoms with Crippen molar-refractivity contribution in [2.45, 2.75) is 44.7 Å². The zero-order valence-corrected chi connectivity index (χ0v) is 10.4. The Hall–Kier alpha value is -1.36. The van der Waals surface area contributed by atoms with E-state index in [1.54, 1.807) is 7.11 Å². The minimum Gasteiger partial charge on any atom is -0.481 e. The van der Waals surface area contributed by atoms with Gasteiger partial charge in [-0.1, -0.05) is 12.8 Å². The number of hydrogen-bond acceptors (Lipinski definition) is 5. The molecule has 0 radical (unpaired) electrons. The monoisotopic (exact) mass is 236 g/mol. The first-order valence-corrected chi connectivity index (χ1v) is 6.11. The Morgan fingerprint density at radius 1 is 1.35 bits per heavy atom. The molecule has 0 saturated heterocycles. The predicted molar refractivity (Wildman–Crippen MR) is 67.2 cm³/mol. The molecule has 17 heavy (non-hydrogen) atoms. The molecule has 0 aliphatic heterocycles. The van der Waals surface area contributed by atoms with Crippen molar-refractivity contribution in [2.24, 2.45) is 5.73 Å². The molecule has 0 amide bonds. The normalized spacial score (nSPS) is 24.4. The van der Waals surface area contributed by atoms with Crippen molar-refractivity contribution in [3.8, 4) is 5.88 Å². The second-order valence-corrected chi connectivity index (χ2v) is 4.54. The van der Waals surface area contributed by atoms with Crippen LogP contribution in [0.5, 0.6) is 5.88 Å². The minimum atomic E-state index is 0.213. The van der Waals surface area contributed by atoms with Gasteiger partial charge in [-0.05, 0) is 19.8 Å². The molecular weight excluding hydrogens is 216 g/mol. The van der Waals surface area contributed by atoms with Gasteiger partial charge < -0.3 is 15.8 Å². The van der Waals surface area contributed by atoms with E-state index >= 15 is 0 Å². The lowest BCUT2D eigenvalue weighted by Crippen LogP contribution is -2.42. The van der Waals surface area contributed by atoms with Gasteiger partial charge in [-0.25, -0.2) is 4.98 Å². The Morgan fingerprint density at radius 3 is 2.82 bits per heavy atom. The quantitative estimate of drug-likeness (QED) is 0.831. The maximum Gasteiger partial charge on any atom is 0.218 e. The number of hydrogen-bond donors (Lipinski definition) is 2. The van der Waals surface area contributed by atoms with Crippen LogP contribution in [0.25, 0.3) is 0 Å². The van der Waals surface area contributed by atoms with Crippen LogP contribution in [0, 0.1) is 6.92 Å². The van der Waals surface area contributed by atoms with Crippen molar-refractivity contribution >= 4 is 5.82 Å². The molecule has 1 saturated carbocycles. The summed E-state index contributed by atoms with van der Waals surface area (Å²) in [5.74, 6) is 2.09. The van der Waals surface area contributed by atoms with Gasteiger partial charge in [-0.15, -0.1) is 0 Å². The molecule has 1 aromatic rings. The minimum absolute atomic E-state index is 0.213. The van der Waals surface area contributed by atoms with Crippen LogP contribution in [0.1, 0.15) is 31.5 Å². The Labute approximate surface area is 102 Å². The molecule has 94 valence electrons. The van der Waals surface area contributed by atoms with E-state index in [1.165, 1.54) is 12.8 Å². The van der Waals surface area contributed by atoms with Gasteiger partial charge in [0, 0.05) is 18.2 Å². The number of anilines is 1. The number of nitrogens with zero attached hydrogens (tertiary/aromatic N) is 2. The molecule has 5 nitrogen and oxygen atoms in total. The lowest BCUT2D eigenvalue weighted by atomic mass is 9.91. The van der Waals surface area contributed by atoms with Crippen molar-refractivity contribution in [3.63, 3.8) is 0 Å². The highest BCUT2D eigenvalue weighted by Crippen LogP contribution is 2.21. The Balaban J connectivity index is 2.09. The fourth-order valence-electron chi connectivity index (χ4n) is 2.25. The predicted octanol–water partition coefficient (Wildman–Crippen LogP) is 1.48. The van der Waals surface area contributed by atoms with Crippen LogP contribution in [-0.4, -0.2) is 29.2 Å². The average molecular weight is 236 g/mol. The van der Waals surface area contributed by atoms with Gasteiger partial charge in [0.15, 0.2) is 0 Å². The third-order valence-corrected chi connectivity index (χ3v) is 3.18. The fraction of sp³-hybridized carbons (Fsp3) is 0.667. The van der Waals surface area contributed by atoms with Crippen molar-refractivity contribution in [3.05, 3.63) is 11.9 Å². The highest BCUT2D eigenvalue weighted by molar-refractivity contribution is 5.39. The number of rotatable bonds is 3. The maximum absolute atomic E-state index is 6.10. The highest BCUT2D eigenvalue weighted by atomic mass is 16.5. The van der Waals surface area contributed by atoms with Crippen LogP contribution in [0.2, 0.25) is 0 Å². The summed E-state index contributed by atoms with van der Waals surface area (Å²) >= 11 is 0. The van der Waals surface area contributed by atoms with Crippen LogP contribution in [-0.2, 0) is 0 Å². The van der Waals surface area contributed by atoms with Gasteiger partial charge in [-0.3, -0.25) is 0 Å². The molecule has 2 atom stereocenters. The lowest BCUT2D eigenvalue weighted by Gasteiger charge is -2.29. The van der Waals surface area contributed by atoms with Crippen LogP contribution in [0.4, 0.5) is 5.82 Å². The van der Waals surface area contributed by atoms with Crippen LogP contribution in [0.15, 0.2) is 6.07 Å². The van der Waals surface area contributed by atoms with Gasteiger partial charge >= 0.3 is 0 Å². The first-order chi connectivity index (χ1) is 8.19. The van der Waals surface area contributed by atoms with E-state index < -0.39 is 0 Å². The molecule has 2 rings (SSSR count). The summed E-state index contributed by atoms with van der Waals surface area (Å²) in [5, 5.41) is 3.39. The molecule has 0 aromatic carbocycles. The summed E-state index contributed by atoms with van der Waals surface area (Å²) in [6.07, 6.45) is 4.64. The standard InChI is InChI=1S/C12H20N4O/c1-8-14-11(7-12(15-8)17-2)16-10-6-4-3-5-9(10)13/h7,9-10H,3-6,13H2,1-2H3,(H,14,15,16)/t9-,10-/m1/s1. The van der Waals surface area contributed by atoms with Crippen LogP contribution >= 0.6 is 0 Å². The first kappa shape index (κ1) is 12.1. The summed E-state index contributed by atoms with van der Waals surface area (Å²) in [6.45, 7) is 1.86. The molecule has 0 bridgehead atoms. The zero-order chi connectivity index (χ0) is 12.3. The van der Waals surface area contributed by atoms with E-state index in [2.05, 4.69) is 15.3 Å². The second kappa shape index (κ2) is 5.31. The van der Waals surface area contributed by atoms with Crippen LogP contribution in [0.3, 0.4) is 0 Å². The fourth-order valence-corrected chi connectivity index (χ4v) is 2.25. The molecule has 1 aliphatic carbocycles. The molecule has 0 unspecified atom stereocenters. The molecule has 0 spiro atoms. The summed E-state index contributed by atoms with van der Waals surface area (Å²) in [4.78, 5) is 8.51. The van der Waals surface area contributed by atoms with E-state index in [9.17, 15) is 0 Å². The summed E-state index contributed by atoms with van der Waals surface area (Å²) in [6, 6.07) is 2.33. The number of aromatic nitrogens is 2. The van der Waals surface area contributed by atoms with E-state index in [4.69, 9.17) is 10.5 Å². The lowest BCUT2D eigenvalue weighted by molar-refractivity contribution is 0.392.